The molecule has 1 saturated heterocycles. The van der Waals surface area contributed by atoms with Gasteiger partial charge in [0.2, 0.25) is 0 Å². The molecule has 4 rings (SSSR count). The maximum atomic E-state index is 13.1. The summed E-state index contributed by atoms with van der Waals surface area (Å²) in [6, 6.07) is 1.85. The highest BCUT2D eigenvalue weighted by Crippen LogP contribution is 2.26. The minimum absolute atomic E-state index is 0.0615. The second kappa shape index (κ2) is 6.87. The van der Waals surface area contributed by atoms with E-state index in [1.54, 1.807) is 6.07 Å². The highest BCUT2D eigenvalue weighted by molar-refractivity contribution is 5.92. The Kier molecular flexibility index (Phi) is 4.56. The van der Waals surface area contributed by atoms with Crippen LogP contribution in [0.1, 0.15) is 47.4 Å². The van der Waals surface area contributed by atoms with Gasteiger partial charge in [-0.3, -0.25) is 4.79 Å². The fourth-order valence-electron chi connectivity index (χ4n) is 4.08. The Morgan fingerprint density at radius 1 is 1.35 bits per heavy atom. The smallest absolute Gasteiger partial charge is 0.276 e. The van der Waals surface area contributed by atoms with Crippen molar-refractivity contribution in [3.63, 3.8) is 0 Å². The van der Waals surface area contributed by atoms with E-state index in [9.17, 15) is 4.79 Å². The monoisotopic (exact) mass is 357 g/mol. The summed E-state index contributed by atoms with van der Waals surface area (Å²) in [6.07, 6.45) is 5.15. The minimum atomic E-state index is -0.0615. The van der Waals surface area contributed by atoms with Gasteiger partial charge < -0.3 is 18.9 Å². The molecule has 2 aromatic rings. The van der Waals surface area contributed by atoms with Gasteiger partial charge in [-0.15, -0.1) is 0 Å². The molecule has 4 heterocycles. The average molecular weight is 357 g/mol. The van der Waals surface area contributed by atoms with Crippen molar-refractivity contribution in [2.24, 2.45) is 13.0 Å². The Morgan fingerprint density at radius 3 is 2.81 bits per heavy atom. The quantitative estimate of drug-likeness (QED) is 0.841. The van der Waals surface area contributed by atoms with Gasteiger partial charge in [-0.2, -0.15) is 0 Å². The lowest BCUT2D eigenvalue weighted by Crippen LogP contribution is -2.51. The van der Waals surface area contributed by atoms with Crippen molar-refractivity contribution >= 4 is 5.91 Å². The van der Waals surface area contributed by atoms with Crippen molar-refractivity contribution in [1.82, 2.24) is 24.5 Å². The molecule has 0 aliphatic carbocycles. The van der Waals surface area contributed by atoms with Crippen LogP contribution < -0.4 is 0 Å². The molecule has 2 aliphatic rings. The van der Waals surface area contributed by atoms with Crippen LogP contribution >= 0.6 is 0 Å². The molecule has 1 atom stereocenters. The number of piperidine rings is 1. The van der Waals surface area contributed by atoms with Gasteiger partial charge in [0.05, 0.1) is 24.6 Å². The van der Waals surface area contributed by atoms with Crippen LogP contribution in [-0.2, 0) is 20.0 Å². The summed E-state index contributed by atoms with van der Waals surface area (Å²) in [6.45, 7) is 7.80. The van der Waals surface area contributed by atoms with Gasteiger partial charge in [0, 0.05) is 31.8 Å². The number of amides is 1. The SMILES string of the molecule is Cc1cc(C(=O)N2Cc3ncn(C)c3CC2CN2CCC(C)CC2)no1. The summed E-state index contributed by atoms with van der Waals surface area (Å²) in [7, 11) is 2.03. The molecule has 26 heavy (non-hydrogen) atoms. The van der Waals surface area contributed by atoms with Crippen LogP contribution in [0, 0.1) is 12.8 Å². The third kappa shape index (κ3) is 3.28. The predicted molar refractivity (Wildman–Crippen MR) is 96.7 cm³/mol. The number of fused-ring (bicyclic) bond motifs is 1. The van der Waals surface area contributed by atoms with E-state index in [2.05, 4.69) is 26.5 Å². The molecule has 0 radical (unpaired) electrons. The fourth-order valence-corrected chi connectivity index (χ4v) is 4.08. The lowest BCUT2D eigenvalue weighted by Gasteiger charge is -2.40. The number of imidazole rings is 1. The fraction of sp³-hybridized carbons (Fsp3) is 0.632. The molecule has 0 saturated carbocycles. The van der Waals surface area contributed by atoms with Crippen molar-refractivity contribution in [1.29, 1.82) is 0 Å². The van der Waals surface area contributed by atoms with E-state index >= 15 is 0 Å². The largest absolute Gasteiger partial charge is 0.361 e. The van der Waals surface area contributed by atoms with E-state index in [1.807, 2.05) is 25.2 Å². The molecular formula is C19H27N5O2. The summed E-state index contributed by atoms with van der Waals surface area (Å²) in [5.41, 5.74) is 2.62. The second-order valence-corrected chi connectivity index (χ2v) is 7.85. The van der Waals surface area contributed by atoms with Crippen LogP contribution in [0.5, 0.6) is 0 Å². The zero-order valence-electron chi connectivity index (χ0n) is 15.8. The molecule has 2 aliphatic heterocycles. The van der Waals surface area contributed by atoms with Crippen molar-refractivity contribution in [3.05, 3.63) is 35.2 Å². The van der Waals surface area contributed by atoms with Gasteiger partial charge in [0.1, 0.15) is 5.76 Å². The minimum Gasteiger partial charge on any atom is -0.361 e. The van der Waals surface area contributed by atoms with E-state index in [-0.39, 0.29) is 11.9 Å². The Hall–Kier alpha value is -2.15. The maximum absolute atomic E-state index is 13.1. The molecule has 0 aromatic carbocycles. The van der Waals surface area contributed by atoms with Crippen LogP contribution in [-0.4, -0.2) is 56.1 Å². The molecule has 1 fully saturated rings. The number of rotatable bonds is 3. The molecule has 2 aromatic heterocycles. The maximum Gasteiger partial charge on any atom is 0.276 e. The first-order valence-corrected chi connectivity index (χ1v) is 9.47. The highest BCUT2D eigenvalue weighted by atomic mass is 16.5. The lowest BCUT2D eigenvalue weighted by molar-refractivity contribution is 0.0535. The van der Waals surface area contributed by atoms with Gasteiger partial charge >= 0.3 is 0 Å². The van der Waals surface area contributed by atoms with E-state index < -0.39 is 0 Å². The Bertz CT molecular complexity index is 788. The molecule has 0 spiro atoms. The number of aromatic nitrogens is 3. The van der Waals surface area contributed by atoms with Gasteiger partial charge in [-0.1, -0.05) is 12.1 Å². The van der Waals surface area contributed by atoms with Gasteiger partial charge in [-0.05, 0) is 38.8 Å². The van der Waals surface area contributed by atoms with E-state index in [0.29, 0.717) is 18.0 Å². The third-order valence-corrected chi connectivity index (χ3v) is 5.79. The molecule has 1 amide bonds. The third-order valence-electron chi connectivity index (χ3n) is 5.79. The predicted octanol–water partition coefficient (Wildman–Crippen LogP) is 2.02. The first-order chi connectivity index (χ1) is 12.5. The molecule has 0 bridgehead atoms. The molecular weight excluding hydrogens is 330 g/mol. The lowest BCUT2D eigenvalue weighted by atomic mass is 9.96. The topological polar surface area (TPSA) is 67.4 Å². The van der Waals surface area contributed by atoms with Crippen LogP contribution in [0.3, 0.4) is 0 Å². The summed E-state index contributed by atoms with van der Waals surface area (Å²) < 4.78 is 7.21. The summed E-state index contributed by atoms with van der Waals surface area (Å²) >= 11 is 0. The Morgan fingerprint density at radius 2 is 2.12 bits per heavy atom. The zero-order chi connectivity index (χ0) is 18.3. The normalized spacial score (nSPS) is 21.8. The standard InChI is InChI=1S/C19H27N5O2/c1-13-4-6-23(7-5-13)10-15-9-18-17(20-12-22(18)3)11-24(15)19(25)16-8-14(2)26-21-16/h8,12-13,15H,4-7,9-11H2,1-3H3. The first kappa shape index (κ1) is 17.3. The average Bonchev–Trinajstić information content (AvgIpc) is 3.22. The number of hydrogen-bond donors (Lipinski definition) is 0. The van der Waals surface area contributed by atoms with Gasteiger partial charge in [0.15, 0.2) is 5.69 Å². The van der Waals surface area contributed by atoms with E-state index in [4.69, 9.17) is 4.52 Å². The van der Waals surface area contributed by atoms with Gasteiger partial charge in [-0.25, -0.2) is 4.98 Å². The van der Waals surface area contributed by atoms with Crippen LogP contribution in [0.2, 0.25) is 0 Å². The molecule has 1 unspecified atom stereocenters. The van der Waals surface area contributed by atoms with Crippen molar-refractivity contribution in [2.75, 3.05) is 19.6 Å². The zero-order valence-corrected chi connectivity index (χ0v) is 15.8. The summed E-state index contributed by atoms with van der Waals surface area (Å²) in [5, 5.41) is 3.94. The number of nitrogens with zero attached hydrogens (tertiary/aromatic N) is 5. The number of aryl methyl sites for hydroxylation is 2. The second-order valence-electron chi connectivity index (χ2n) is 7.85. The number of likely N-dealkylation sites (tertiary alicyclic amines) is 1. The number of hydrogen-bond acceptors (Lipinski definition) is 5. The van der Waals surface area contributed by atoms with E-state index in [0.717, 1.165) is 37.7 Å². The molecule has 140 valence electrons. The molecule has 7 heteroatoms. The van der Waals surface area contributed by atoms with Crippen molar-refractivity contribution in [2.45, 2.75) is 45.7 Å². The Labute approximate surface area is 154 Å². The van der Waals surface area contributed by atoms with Crippen molar-refractivity contribution in [3.8, 4) is 0 Å². The first-order valence-electron chi connectivity index (χ1n) is 9.47. The summed E-state index contributed by atoms with van der Waals surface area (Å²) in [4.78, 5) is 22.0. The number of carbonyl (C=O) groups is 1. The molecule has 0 N–H and O–H groups in total. The van der Waals surface area contributed by atoms with Crippen molar-refractivity contribution < 1.29 is 9.32 Å². The van der Waals surface area contributed by atoms with E-state index in [1.165, 1.54) is 18.5 Å². The number of carbonyl (C=O) groups excluding carboxylic acids is 1. The highest BCUT2D eigenvalue weighted by Gasteiger charge is 2.35. The van der Waals surface area contributed by atoms with Crippen LogP contribution in [0.4, 0.5) is 0 Å². The van der Waals surface area contributed by atoms with Crippen LogP contribution in [0.25, 0.3) is 0 Å². The summed E-state index contributed by atoms with van der Waals surface area (Å²) in [5.74, 6) is 1.40. The Balaban J connectivity index is 1.57. The molecule has 7 nitrogen and oxygen atoms in total. The van der Waals surface area contributed by atoms with Gasteiger partial charge in [0.25, 0.3) is 5.91 Å². The van der Waals surface area contributed by atoms with Crippen LogP contribution in [0.15, 0.2) is 16.9 Å².